The van der Waals surface area contributed by atoms with Crippen LogP contribution in [0.2, 0.25) is 0 Å². The topological polar surface area (TPSA) is 88.2 Å². The molecule has 0 radical (unpaired) electrons. The minimum absolute atomic E-state index is 0.212. The van der Waals surface area contributed by atoms with E-state index in [0.717, 1.165) is 16.7 Å². The number of nitrogens with one attached hydrogen (secondary N) is 2. The number of thiophene rings is 1. The lowest BCUT2D eigenvalue weighted by atomic mass is 10.1. The lowest BCUT2D eigenvalue weighted by Crippen LogP contribution is -2.14. The third-order valence-corrected chi connectivity index (χ3v) is 6.80. The van der Waals surface area contributed by atoms with Gasteiger partial charge in [0.2, 0.25) is 0 Å². The van der Waals surface area contributed by atoms with Crippen LogP contribution >= 0.6 is 11.3 Å². The Balaban J connectivity index is 1.58. The Morgan fingerprint density at radius 1 is 0.964 bits per heavy atom. The molecule has 2 heterocycles. The zero-order chi connectivity index (χ0) is 19.6. The number of carbonyl (C=O) groups is 1. The number of benzene rings is 2. The first-order valence-corrected chi connectivity index (χ1v) is 10.7. The molecule has 4 rings (SSSR count). The van der Waals surface area contributed by atoms with Gasteiger partial charge in [-0.05, 0) is 41.8 Å². The van der Waals surface area contributed by atoms with Crippen LogP contribution in [0.25, 0.3) is 10.9 Å². The first-order valence-electron chi connectivity index (χ1n) is 8.34. The molecule has 6 nitrogen and oxygen atoms in total. The Morgan fingerprint density at radius 3 is 2.61 bits per heavy atom. The van der Waals surface area contributed by atoms with Crippen LogP contribution in [0.4, 0.5) is 11.4 Å². The fraction of sp³-hybridized carbons (Fsp3) is 0. The highest BCUT2D eigenvalue weighted by molar-refractivity contribution is 7.94. The van der Waals surface area contributed by atoms with Crippen molar-refractivity contribution in [2.45, 2.75) is 4.21 Å². The molecular weight excluding hydrogens is 394 g/mol. The summed E-state index contributed by atoms with van der Waals surface area (Å²) in [4.78, 5) is 17.0. The highest BCUT2D eigenvalue weighted by atomic mass is 32.2. The van der Waals surface area contributed by atoms with Gasteiger partial charge in [-0.25, -0.2) is 8.42 Å². The second kappa shape index (κ2) is 7.41. The standard InChI is InChI=1S/C20H15N3O3S2/c24-20(22-17-9-2-5-14-7-3-11-21-19(14)17)15-6-1-8-16(13-15)23-28(25,26)18-10-4-12-27-18/h1-13,23H,(H,22,24). The van der Waals surface area contributed by atoms with Gasteiger partial charge in [-0.3, -0.25) is 14.5 Å². The summed E-state index contributed by atoms with van der Waals surface area (Å²) in [5.74, 6) is -0.352. The van der Waals surface area contributed by atoms with Gasteiger partial charge in [-0.15, -0.1) is 11.3 Å². The average Bonchev–Trinajstić information content (AvgIpc) is 3.24. The van der Waals surface area contributed by atoms with Crippen LogP contribution in [0.15, 0.2) is 82.5 Å². The molecule has 4 aromatic rings. The number of fused-ring (bicyclic) bond motifs is 1. The molecule has 0 aliphatic carbocycles. The highest BCUT2D eigenvalue weighted by Crippen LogP contribution is 2.23. The number of sulfonamides is 1. The van der Waals surface area contributed by atoms with Gasteiger partial charge in [0, 0.05) is 22.8 Å². The van der Waals surface area contributed by atoms with Crippen LogP contribution in [-0.4, -0.2) is 19.3 Å². The third kappa shape index (κ3) is 3.73. The van der Waals surface area contributed by atoms with Crippen molar-refractivity contribution in [1.82, 2.24) is 4.98 Å². The molecule has 0 atom stereocenters. The smallest absolute Gasteiger partial charge is 0.271 e. The Kier molecular flexibility index (Phi) is 4.81. The number of amides is 1. The number of aromatic nitrogens is 1. The maximum absolute atomic E-state index is 12.7. The largest absolute Gasteiger partial charge is 0.320 e. The molecule has 0 saturated heterocycles. The fourth-order valence-corrected chi connectivity index (χ4v) is 4.79. The molecule has 0 aliphatic heterocycles. The van der Waals surface area contributed by atoms with E-state index >= 15 is 0 Å². The molecule has 0 bridgehead atoms. The summed E-state index contributed by atoms with van der Waals surface area (Å²) < 4.78 is 27.5. The second-order valence-corrected chi connectivity index (χ2v) is 8.81. The number of para-hydroxylation sites is 1. The number of pyridine rings is 1. The summed E-state index contributed by atoms with van der Waals surface area (Å²) >= 11 is 1.13. The van der Waals surface area contributed by atoms with Crippen molar-refractivity contribution in [1.29, 1.82) is 0 Å². The lowest BCUT2D eigenvalue weighted by Gasteiger charge is -2.10. The number of hydrogen-bond donors (Lipinski definition) is 2. The van der Waals surface area contributed by atoms with Gasteiger partial charge < -0.3 is 5.32 Å². The summed E-state index contributed by atoms with van der Waals surface area (Å²) in [5, 5.41) is 5.45. The normalized spacial score (nSPS) is 11.3. The SMILES string of the molecule is O=C(Nc1cccc2cccnc12)c1cccc(NS(=O)(=O)c2cccs2)c1. The molecule has 2 aromatic heterocycles. The van der Waals surface area contributed by atoms with Crippen LogP contribution < -0.4 is 10.0 Å². The van der Waals surface area contributed by atoms with Crippen LogP contribution in [0, 0.1) is 0 Å². The molecule has 0 aliphatic rings. The van der Waals surface area contributed by atoms with Gasteiger partial charge >= 0.3 is 0 Å². The molecule has 0 fully saturated rings. The van der Waals surface area contributed by atoms with Crippen LogP contribution in [0.5, 0.6) is 0 Å². The Hall–Kier alpha value is -3.23. The van der Waals surface area contributed by atoms with Gasteiger partial charge in [-0.2, -0.15) is 0 Å². The number of hydrogen-bond acceptors (Lipinski definition) is 5. The summed E-state index contributed by atoms with van der Waals surface area (Å²) in [6.07, 6.45) is 1.66. The summed E-state index contributed by atoms with van der Waals surface area (Å²) in [7, 11) is -3.67. The van der Waals surface area contributed by atoms with Crippen LogP contribution in [0.1, 0.15) is 10.4 Å². The lowest BCUT2D eigenvalue weighted by molar-refractivity contribution is 0.102. The number of rotatable bonds is 5. The third-order valence-electron chi connectivity index (χ3n) is 4.02. The van der Waals surface area contributed by atoms with E-state index in [1.54, 1.807) is 41.9 Å². The zero-order valence-electron chi connectivity index (χ0n) is 14.5. The van der Waals surface area contributed by atoms with E-state index < -0.39 is 10.0 Å². The van der Waals surface area contributed by atoms with E-state index in [4.69, 9.17) is 0 Å². The quantitative estimate of drug-likeness (QED) is 0.513. The van der Waals surface area contributed by atoms with Crippen molar-refractivity contribution in [2.24, 2.45) is 0 Å². The molecule has 28 heavy (non-hydrogen) atoms. The van der Waals surface area contributed by atoms with Gasteiger partial charge in [0.15, 0.2) is 0 Å². The summed E-state index contributed by atoms with van der Waals surface area (Å²) in [6, 6.07) is 18.8. The van der Waals surface area contributed by atoms with Gasteiger partial charge in [0.05, 0.1) is 11.2 Å². The van der Waals surface area contributed by atoms with Crippen molar-refractivity contribution < 1.29 is 13.2 Å². The Labute approximate surface area is 165 Å². The second-order valence-electron chi connectivity index (χ2n) is 5.95. The molecular formula is C20H15N3O3S2. The molecule has 0 spiro atoms. The van der Waals surface area contributed by atoms with Gasteiger partial charge in [0.1, 0.15) is 4.21 Å². The summed E-state index contributed by atoms with van der Waals surface area (Å²) in [5.41, 5.74) is 1.93. The molecule has 2 aromatic carbocycles. The number of nitrogens with zero attached hydrogens (tertiary/aromatic N) is 1. The minimum atomic E-state index is -3.67. The van der Waals surface area contributed by atoms with Crippen LogP contribution in [-0.2, 0) is 10.0 Å². The predicted molar refractivity (Wildman–Crippen MR) is 111 cm³/mol. The highest BCUT2D eigenvalue weighted by Gasteiger charge is 2.16. The first-order chi connectivity index (χ1) is 13.5. The average molecular weight is 409 g/mol. The molecule has 2 N–H and O–H groups in total. The number of carbonyl (C=O) groups excluding carboxylic acids is 1. The fourth-order valence-electron chi connectivity index (χ4n) is 2.75. The van der Waals surface area contributed by atoms with Crippen molar-refractivity contribution in [3.8, 4) is 0 Å². The molecule has 0 unspecified atom stereocenters. The summed E-state index contributed by atoms with van der Waals surface area (Å²) in [6.45, 7) is 0. The van der Waals surface area contributed by atoms with E-state index in [0.29, 0.717) is 22.5 Å². The van der Waals surface area contributed by atoms with Crippen molar-refractivity contribution >= 4 is 49.5 Å². The first kappa shape index (κ1) is 18.1. The van der Waals surface area contributed by atoms with Crippen molar-refractivity contribution in [3.05, 3.63) is 83.9 Å². The molecule has 1 amide bonds. The molecule has 140 valence electrons. The van der Waals surface area contributed by atoms with Crippen molar-refractivity contribution in [3.63, 3.8) is 0 Å². The molecule has 8 heteroatoms. The van der Waals surface area contributed by atoms with Crippen molar-refractivity contribution in [2.75, 3.05) is 10.0 Å². The maximum Gasteiger partial charge on any atom is 0.271 e. The van der Waals surface area contributed by atoms with Gasteiger partial charge in [0.25, 0.3) is 15.9 Å². The van der Waals surface area contributed by atoms with E-state index in [-0.39, 0.29) is 10.1 Å². The van der Waals surface area contributed by atoms with E-state index in [1.807, 2.05) is 24.3 Å². The van der Waals surface area contributed by atoms with Crippen LogP contribution in [0.3, 0.4) is 0 Å². The minimum Gasteiger partial charge on any atom is -0.320 e. The van der Waals surface area contributed by atoms with E-state index in [2.05, 4.69) is 15.0 Å². The Bertz CT molecular complexity index is 1250. The zero-order valence-corrected chi connectivity index (χ0v) is 16.1. The monoisotopic (exact) mass is 409 g/mol. The maximum atomic E-state index is 12.7. The molecule has 0 saturated carbocycles. The predicted octanol–water partition coefficient (Wildman–Crippen LogP) is 4.35. The van der Waals surface area contributed by atoms with Gasteiger partial charge in [-0.1, -0.05) is 30.3 Å². The van der Waals surface area contributed by atoms with E-state index in [1.165, 1.54) is 12.1 Å². The van der Waals surface area contributed by atoms with E-state index in [9.17, 15) is 13.2 Å². The number of anilines is 2. The Morgan fingerprint density at radius 2 is 1.79 bits per heavy atom.